The number of carbonyl (C=O) groups excluding carboxylic acids is 2. The molecular weight excluding hydrogens is 316 g/mol. The highest BCUT2D eigenvalue weighted by Gasteiger charge is 2.60. The van der Waals surface area contributed by atoms with Crippen LogP contribution in [0.1, 0.15) is 65.7 Å². The molecule has 1 unspecified atom stereocenters. The maximum Gasteiger partial charge on any atom is 0.303 e. The van der Waals surface area contributed by atoms with Crippen LogP contribution in [0.4, 0.5) is 0 Å². The molecule has 0 amide bonds. The van der Waals surface area contributed by atoms with Crippen LogP contribution in [0.5, 0.6) is 0 Å². The number of hydrogen-bond acceptors (Lipinski definition) is 4. The van der Waals surface area contributed by atoms with Gasteiger partial charge in [-0.05, 0) is 73.3 Å². The predicted molar refractivity (Wildman–Crippen MR) is 93.7 cm³/mol. The maximum absolute atomic E-state index is 12.5. The predicted octanol–water partition coefficient (Wildman–Crippen LogP) is 3.42. The lowest BCUT2D eigenvalue weighted by Gasteiger charge is -2.58. The number of ether oxygens (including phenoxy) is 1. The second-order valence-electron chi connectivity index (χ2n) is 9.27. The van der Waals surface area contributed by atoms with Crippen LogP contribution >= 0.6 is 0 Å². The number of hydrogen-bond donors (Lipinski definition) is 1. The molecule has 4 nitrogen and oxygen atoms in total. The number of Topliss-reactive ketones (excluding diaryl/α,β-unsaturated/α-hetero) is 1. The van der Waals surface area contributed by atoms with Crippen molar-refractivity contribution in [3.8, 4) is 0 Å². The summed E-state index contributed by atoms with van der Waals surface area (Å²) in [5.74, 6) is 1.58. The first-order valence-corrected chi connectivity index (χ1v) is 9.86. The molecule has 0 bridgehead atoms. The van der Waals surface area contributed by atoms with E-state index in [1.54, 1.807) is 0 Å². The van der Waals surface area contributed by atoms with Crippen LogP contribution in [-0.2, 0) is 14.3 Å². The summed E-state index contributed by atoms with van der Waals surface area (Å²) < 4.78 is 5.40. The van der Waals surface area contributed by atoms with Crippen LogP contribution in [0.25, 0.3) is 0 Å². The Morgan fingerprint density at radius 2 is 1.84 bits per heavy atom. The van der Waals surface area contributed by atoms with Gasteiger partial charge in [-0.25, -0.2) is 0 Å². The summed E-state index contributed by atoms with van der Waals surface area (Å²) in [6.07, 6.45) is 7.67. The van der Waals surface area contributed by atoms with Gasteiger partial charge >= 0.3 is 5.97 Å². The molecule has 4 heteroatoms. The first kappa shape index (κ1) is 17.3. The molecule has 25 heavy (non-hydrogen) atoms. The first-order valence-electron chi connectivity index (χ1n) is 9.86. The second kappa shape index (κ2) is 5.67. The molecule has 138 valence electrons. The molecule has 4 rings (SSSR count). The van der Waals surface area contributed by atoms with E-state index in [9.17, 15) is 14.7 Å². The van der Waals surface area contributed by atoms with Crippen molar-refractivity contribution in [2.45, 2.75) is 77.9 Å². The fourth-order valence-electron chi connectivity index (χ4n) is 6.82. The summed E-state index contributed by atoms with van der Waals surface area (Å²) in [4.78, 5) is 23.8. The van der Waals surface area contributed by atoms with Crippen molar-refractivity contribution >= 4 is 11.8 Å². The van der Waals surface area contributed by atoms with E-state index in [2.05, 4.69) is 13.8 Å². The Balaban J connectivity index is 1.66. The molecule has 1 N–H and O–H groups in total. The fourth-order valence-corrected chi connectivity index (χ4v) is 6.82. The minimum Gasteiger partial charge on any atom is -0.458 e. The summed E-state index contributed by atoms with van der Waals surface area (Å²) in [7, 11) is 0. The Bertz CT molecular complexity index is 638. The highest BCUT2D eigenvalue weighted by Crippen LogP contribution is 2.64. The Kier molecular flexibility index (Phi) is 3.91. The smallest absolute Gasteiger partial charge is 0.303 e. The highest BCUT2D eigenvalue weighted by molar-refractivity contribution is 5.87. The molecule has 0 aliphatic heterocycles. The molecule has 0 saturated heterocycles. The molecule has 0 aromatic rings. The normalized spacial score (nSPS) is 48.9. The van der Waals surface area contributed by atoms with Crippen LogP contribution in [0.3, 0.4) is 0 Å². The Labute approximate surface area is 150 Å². The quantitative estimate of drug-likeness (QED) is 0.584. The van der Waals surface area contributed by atoms with Crippen LogP contribution in [-0.4, -0.2) is 29.1 Å². The number of carbonyl (C=O) groups is 2. The van der Waals surface area contributed by atoms with Gasteiger partial charge in [0, 0.05) is 18.8 Å². The lowest BCUT2D eigenvalue weighted by Crippen LogP contribution is -2.54. The van der Waals surface area contributed by atoms with Crippen LogP contribution in [0.2, 0.25) is 0 Å². The lowest BCUT2D eigenvalue weighted by atomic mass is 9.47. The van der Waals surface area contributed by atoms with Gasteiger partial charge in [-0.1, -0.05) is 13.8 Å². The molecule has 4 aliphatic rings. The molecule has 0 spiro atoms. The number of aliphatic hydroxyl groups excluding tert-OH is 1. The van der Waals surface area contributed by atoms with E-state index in [0.717, 1.165) is 44.1 Å². The molecular formula is C21H30O4. The summed E-state index contributed by atoms with van der Waals surface area (Å²) >= 11 is 0. The number of aliphatic hydroxyl groups is 1. The molecule has 0 aromatic carbocycles. The van der Waals surface area contributed by atoms with Gasteiger partial charge < -0.3 is 9.84 Å². The van der Waals surface area contributed by atoms with Crippen LogP contribution in [0, 0.1) is 28.6 Å². The number of esters is 1. The second-order valence-corrected chi connectivity index (χ2v) is 9.27. The zero-order chi connectivity index (χ0) is 18.0. The van der Waals surface area contributed by atoms with Crippen molar-refractivity contribution in [1.82, 2.24) is 0 Å². The third-order valence-corrected chi connectivity index (χ3v) is 8.11. The fraction of sp³-hybridized carbons (Fsp3) is 0.810. The average molecular weight is 346 g/mol. The van der Waals surface area contributed by atoms with E-state index >= 15 is 0 Å². The van der Waals surface area contributed by atoms with Crippen molar-refractivity contribution in [3.05, 3.63) is 11.6 Å². The zero-order valence-corrected chi connectivity index (χ0v) is 15.6. The largest absolute Gasteiger partial charge is 0.458 e. The molecule has 7 atom stereocenters. The van der Waals surface area contributed by atoms with Gasteiger partial charge in [0.05, 0.1) is 6.10 Å². The Morgan fingerprint density at radius 1 is 1.16 bits per heavy atom. The number of fused-ring (bicyclic) bond motifs is 5. The zero-order valence-electron chi connectivity index (χ0n) is 15.6. The van der Waals surface area contributed by atoms with E-state index in [0.29, 0.717) is 30.0 Å². The Morgan fingerprint density at radius 3 is 2.56 bits per heavy atom. The number of rotatable bonds is 1. The molecule has 0 radical (unpaired) electrons. The standard InChI is InChI=1S/C21H30O4/c1-12(22)25-13-6-8-20(2)16-7-9-21(3)15(4-5-19(21)24)14(16)11-18(23)17(20)10-13/h10,13-16,18,23H,4-9,11H2,1-3H3/t13-,14+,15+,16+,18?,20-,21+/m1/s1. The van der Waals surface area contributed by atoms with E-state index < -0.39 is 6.10 Å². The third kappa shape index (κ3) is 2.43. The van der Waals surface area contributed by atoms with E-state index in [4.69, 9.17) is 4.74 Å². The molecule has 4 aliphatic carbocycles. The summed E-state index contributed by atoms with van der Waals surface area (Å²) in [6.45, 7) is 5.90. The van der Waals surface area contributed by atoms with Gasteiger partial charge in [0.1, 0.15) is 11.9 Å². The van der Waals surface area contributed by atoms with E-state index in [1.165, 1.54) is 6.92 Å². The average Bonchev–Trinajstić information content (AvgIpc) is 2.84. The molecule has 3 saturated carbocycles. The van der Waals surface area contributed by atoms with Gasteiger partial charge in [0.2, 0.25) is 0 Å². The van der Waals surface area contributed by atoms with Crippen molar-refractivity contribution in [3.63, 3.8) is 0 Å². The minimum atomic E-state index is -0.470. The van der Waals surface area contributed by atoms with Crippen molar-refractivity contribution in [2.75, 3.05) is 0 Å². The van der Waals surface area contributed by atoms with Crippen molar-refractivity contribution in [1.29, 1.82) is 0 Å². The van der Waals surface area contributed by atoms with Gasteiger partial charge in [-0.2, -0.15) is 0 Å². The topological polar surface area (TPSA) is 63.6 Å². The highest BCUT2D eigenvalue weighted by atomic mass is 16.5. The summed E-state index contributed by atoms with van der Waals surface area (Å²) in [6, 6.07) is 0. The van der Waals surface area contributed by atoms with Crippen molar-refractivity contribution in [2.24, 2.45) is 28.6 Å². The van der Waals surface area contributed by atoms with Gasteiger partial charge in [0.15, 0.2) is 0 Å². The van der Waals surface area contributed by atoms with Gasteiger partial charge in [0.25, 0.3) is 0 Å². The Hall–Kier alpha value is -1.16. The van der Waals surface area contributed by atoms with Crippen LogP contribution in [0.15, 0.2) is 11.6 Å². The monoisotopic (exact) mass is 346 g/mol. The maximum atomic E-state index is 12.5. The van der Waals surface area contributed by atoms with Gasteiger partial charge in [-0.15, -0.1) is 0 Å². The van der Waals surface area contributed by atoms with Gasteiger partial charge in [-0.3, -0.25) is 9.59 Å². The summed E-state index contributed by atoms with van der Waals surface area (Å²) in [5.41, 5.74) is 0.901. The minimum absolute atomic E-state index is 0.0219. The lowest BCUT2D eigenvalue weighted by molar-refractivity contribution is -0.146. The van der Waals surface area contributed by atoms with Crippen molar-refractivity contribution < 1.29 is 19.4 Å². The summed E-state index contributed by atoms with van der Waals surface area (Å²) in [5, 5.41) is 10.9. The van der Waals surface area contributed by atoms with Crippen LogP contribution < -0.4 is 0 Å². The molecule has 3 fully saturated rings. The third-order valence-electron chi connectivity index (χ3n) is 8.11. The van der Waals surface area contributed by atoms with E-state index in [-0.39, 0.29) is 22.9 Å². The molecule has 0 aromatic heterocycles. The number of ketones is 1. The first-order chi connectivity index (χ1) is 11.8. The van der Waals surface area contributed by atoms with E-state index in [1.807, 2.05) is 6.08 Å². The molecule has 0 heterocycles. The SMILES string of the molecule is CC(=O)O[C@H]1C=C2C(O)C[C@@H]3[C@H](CC[C@]4(C)C(=O)CC[C@@H]34)[C@@]2(C)CC1.